The first-order valence-electron chi connectivity index (χ1n) is 6.12. The number of ether oxygens (including phenoxy) is 1. The second-order valence-corrected chi connectivity index (χ2v) is 4.33. The summed E-state index contributed by atoms with van der Waals surface area (Å²) in [5.74, 6) is -1.000. The molecule has 0 aliphatic heterocycles. The summed E-state index contributed by atoms with van der Waals surface area (Å²) in [5, 5.41) is 11.9. The molecule has 0 saturated carbocycles. The van der Waals surface area contributed by atoms with Crippen LogP contribution in [0, 0.1) is 6.92 Å². The van der Waals surface area contributed by atoms with E-state index in [4.69, 9.17) is 5.11 Å². The Balaban J connectivity index is 2.28. The molecule has 0 aliphatic carbocycles. The molecule has 2 aromatic rings. The maximum Gasteiger partial charge on any atom is 0.387 e. The molecule has 0 aromatic heterocycles. The Labute approximate surface area is 120 Å². The molecule has 110 valence electrons. The minimum absolute atomic E-state index is 0.0224. The van der Waals surface area contributed by atoms with Gasteiger partial charge in [-0.2, -0.15) is 8.78 Å². The molecule has 0 fully saturated rings. The minimum atomic E-state index is -2.91. The number of hydrogen-bond acceptors (Lipinski definition) is 3. The molecule has 0 bridgehead atoms. The summed E-state index contributed by atoms with van der Waals surface area (Å²) in [6.07, 6.45) is 0. The van der Waals surface area contributed by atoms with Crippen molar-refractivity contribution in [1.29, 1.82) is 0 Å². The molecule has 21 heavy (non-hydrogen) atoms. The van der Waals surface area contributed by atoms with E-state index >= 15 is 0 Å². The van der Waals surface area contributed by atoms with Crippen LogP contribution in [0.1, 0.15) is 15.9 Å². The summed E-state index contributed by atoms with van der Waals surface area (Å²) in [6, 6.07) is 10.8. The van der Waals surface area contributed by atoms with Gasteiger partial charge in [-0.3, -0.25) is 0 Å². The highest BCUT2D eigenvalue weighted by Gasteiger charge is 2.11. The van der Waals surface area contributed by atoms with Crippen molar-refractivity contribution in [2.45, 2.75) is 13.5 Å². The van der Waals surface area contributed by atoms with Crippen LogP contribution in [0.5, 0.6) is 5.75 Å². The van der Waals surface area contributed by atoms with Crippen LogP contribution in [0.4, 0.5) is 20.2 Å². The zero-order valence-corrected chi connectivity index (χ0v) is 11.1. The molecule has 0 spiro atoms. The molecule has 0 saturated heterocycles. The van der Waals surface area contributed by atoms with Gasteiger partial charge in [0.1, 0.15) is 5.75 Å². The quantitative estimate of drug-likeness (QED) is 0.873. The lowest BCUT2D eigenvalue weighted by Gasteiger charge is -2.14. The number of rotatable bonds is 5. The Morgan fingerprint density at radius 3 is 2.52 bits per heavy atom. The molecule has 4 nitrogen and oxygen atoms in total. The van der Waals surface area contributed by atoms with Gasteiger partial charge in [0, 0.05) is 5.69 Å². The van der Waals surface area contributed by atoms with Gasteiger partial charge in [0.25, 0.3) is 0 Å². The minimum Gasteiger partial charge on any atom is -0.478 e. The van der Waals surface area contributed by atoms with Gasteiger partial charge in [-0.15, -0.1) is 0 Å². The van der Waals surface area contributed by atoms with E-state index in [1.165, 1.54) is 18.2 Å². The van der Waals surface area contributed by atoms with Crippen molar-refractivity contribution in [3.63, 3.8) is 0 Å². The number of alkyl halides is 2. The van der Waals surface area contributed by atoms with Crippen LogP contribution in [0.2, 0.25) is 0 Å². The first-order valence-corrected chi connectivity index (χ1v) is 6.12. The van der Waals surface area contributed by atoms with Crippen LogP contribution in [-0.4, -0.2) is 17.7 Å². The van der Waals surface area contributed by atoms with Crippen LogP contribution >= 0.6 is 0 Å². The number of carboxylic acid groups (broad SMARTS) is 1. The third-order valence-corrected chi connectivity index (χ3v) is 2.85. The van der Waals surface area contributed by atoms with Crippen molar-refractivity contribution in [3.8, 4) is 5.75 Å². The predicted octanol–water partition coefficient (Wildman–Crippen LogP) is 4.04. The average molecular weight is 293 g/mol. The highest BCUT2D eigenvalue weighted by atomic mass is 19.3. The number of nitrogens with one attached hydrogen (secondary N) is 1. The molecule has 0 amide bonds. The molecule has 0 atom stereocenters. The van der Waals surface area contributed by atoms with E-state index in [1.54, 1.807) is 31.2 Å². The van der Waals surface area contributed by atoms with E-state index in [9.17, 15) is 13.6 Å². The van der Waals surface area contributed by atoms with E-state index in [0.29, 0.717) is 16.9 Å². The maximum atomic E-state index is 12.3. The van der Waals surface area contributed by atoms with E-state index in [0.717, 1.165) is 0 Å². The summed E-state index contributed by atoms with van der Waals surface area (Å²) >= 11 is 0. The number of carbonyl (C=O) groups is 1. The Hall–Kier alpha value is -2.63. The Morgan fingerprint density at radius 2 is 1.90 bits per heavy atom. The van der Waals surface area contributed by atoms with Gasteiger partial charge < -0.3 is 15.2 Å². The van der Waals surface area contributed by atoms with Gasteiger partial charge in [0.15, 0.2) is 0 Å². The van der Waals surface area contributed by atoms with E-state index in [-0.39, 0.29) is 11.3 Å². The summed E-state index contributed by atoms with van der Waals surface area (Å²) in [4.78, 5) is 10.9. The molecule has 0 radical (unpaired) electrons. The van der Waals surface area contributed by atoms with Crippen LogP contribution in [0.3, 0.4) is 0 Å². The molecular weight excluding hydrogens is 280 g/mol. The number of para-hydroxylation sites is 2. The van der Waals surface area contributed by atoms with Crippen LogP contribution in [-0.2, 0) is 0 Å². The number of carboxylic acids is 1. The molecule has 0 heterocycles. The Kier molecular flexibility index (Phi) is 4.37. The van der Waals surface area contributed by atoms with Gasteiger partial charge in [0.05, 0.1) is 11.3 Å². The third-order valence-electron chi connectivity index (χ3n) is 2.85. The average Bonchev–Trinajstić information content (AvgIpc) is 2.42. The number of anilines is 2. The van der Waals surface area contributed by atoms with Crippen molar-refractivity contribution in [2.75, 3.05) is 5.32 Å². The number of aromatic carboxylic acids is 1. The Bertz CT molecular complexity index is 659. The lowest BCUT2D eigenvalue weighted by atomic mass is 10.1. The van der Waals surface area contributed by atoms with Crippen molar-refractivity contribution >= 4 is 17.3 Å². The van der Waals surface area contributed by atoms with Gasteiger partial charge in [0.2, 0.25) is 0 Å². The number of benzene rings is 2. The second kappa shape index (κ2) is 6.21. The monoisotopic (exact) mass is 293 g/mol. The fraction of sp³-hybridized carbons (Fsp3) is 0.133. The molecular formula is C15H13F2NO3. The molecule has 0 aliphatic rings. The lowest BCUT2D eigenvalue weighted by molar-refractivity contribution is -0.0493. The SMILES string of the molecule is Cc1cc(C(=O)O)ccc1Nc1ccccc1OC(F)F. The van der Waals surface area contributed by atoms with E-state index in [1.807, 2.05) is 0 Å². The summed E-state index contributed by atoms with van der Waals surface area (Å²) in [6.45, 7) is -1.19. The van der Waals surface area contributed by atoms with Crippen molar-refractivity contribution < 1.29 is 23.4 Å². The number of aryl methyl sites for hydroxylation is 1. The molecule has 6 heteroatoms. The summed E-state index contributed by atoms with van der Waals surface area (Å²) in [5.41, 5.74) is 1.84. The third kappa shape index (κ3) is 3.68. The lowest BCUT2D eigenvalue weighted by Crippen LogP contribution is -2.05. The van der Waals surface area contributed by atoms with Crippen LogP contribution in [0.25, 0.3) is 0 Å². The van der Waals surface area contributed by atoms with Crippen molar-refractivity contribution in [3.05, 3.63) is 53.6 Å². The Morgan fingerprint density at radius 1 is 1.19 bits per heavy atom. The zero-order valence-electron chi connectivity index (χ0n) is 11.1. The van der Waals surface area contributed by atoms with Gasteiger partial charge in [-0.25, -0.2) is 4.79 Å². The van der Waals surface area contributed by atoms with Gasteiger partial charge in [-0.1, -0.05) is 12.1 Å². The van der Waals surface area contributed by atoms with E-state index in [2.05, 4.69) is 10.1 Å². The second-order valence-electron chi connectivity index (χ2n) is 4.33. The smallest absolute Gasteiger partial charge is 0.387 e. The number of halogens is 2. The first-order chi connectivity index (χ1) is 9.97. The molecule has 2 aromatic carbocycles. The normalized spacial score (nSPS) is 10.5. The van der Waals surface area contributed by atoms with E-state index < -0.39 is 12.6 Å². The summed E-state index contributed by atoms with van der Waals surface area (Å²) in [7, 11) is 0. The number of hydrogen-bond donors (Lipinski definition) is 2. The highest BCUT2D eigenvalue weighted by molar-refractivity contribution is 5.88. The standard InChI is InChI=1S/C15H13F2NO3/c1-9-8-10(14(19)20)6-7-11(9)18-12-4-2-3-5-13(12)21-15(16)17/h2-8,15,18H,1H3,(H,19,20). The molecule has 2 rings (SSSR count). The maximum absolute atomic E-state index is 12.3. The van der Waals surface area contributed by atoms with Crippen molar-refractivity contribution in [2.24, 2.45) is 0 Å². The van der Waals surface area contributed by atoms with Crippen LogP contribution in [0.15, 0.2) is 42.5 Å². The predicted molar refractivity (Wildman–Crippen MR) is 74.5 cm³/mol. The molecule has 0 unspecified atom stereocenters. The van der Waals surface area contributed by atoms with Gasteiger partial charge >= 0.3 is 12.6 Å². The fourth-order valence-corrected chi connectivity index (χ4v) is 1.85. The first kappa shape index (κ1) is 14.8. The molecule has 2 N–H and O–H groups in total. The van der Waals surface area contributed by atoms with Gasteiger partial charge in [-0.05, 0) is 42.8 Å². The summed E-state index contributed by atoms with van der Waals surface area (Å²) < 4.78 is 29.1. The largest absolute Gasteiger partial charge is 0.478 e. The topological polar surface area (TPSA) is 58.6 Å². The zero-order chi connectivity index (χ0) is 15.4. The fourth-order valence-electron chi connectivity index (χ4n) is 1.85. The van der Waals surface area contributed by atoms with Crippen LogP contribution < -0.4 is 10.1 Å². The van der Waals surface area contributed by atoms with Crippen molar-refractivity contribution in [1.82, 2.24) is 0 Å². The highest BCUT2D eigenvalue weighted by Crippen LogP contribution is 2.30.